The number of aromatic nitrogens is 4. The largest absolute Gasteiger partial charge is 0.391 e. The molecule has 0 aliphatic heterocycles. The number of imidazole rings is 1. The van der Waals surface area contributed by atoms with Crippen LogP contribution in [0.1, 0.15) is 37.4 Å². The van der Waals surface area contributed by atoms with E-state index in [1.165, 1.54) is 0 Å². The van der Waals surface area contributed by atoms with Crippen LogP contribution in [0.2, 0.25) is 0 Å². The first-order valence-corrected chi connectivity index (χ1v) is 6.66. The Labute approximate surface area is 117 Å². The van der Waals surface area contributed by atoms with Gasteiger partial charge in [-0.3, -0.25) is 9.78 Å². The van der Waals surface area contributed by atoms with E-state index in [1.807, 2.05) is 0 Å². The van der Waals surface area contributed by atoms with Gasteiger partial charge in [-0.1, -0.05) is 6.42 Å². The summed E-state index contributed by atoms with van der Waals surface area (Å²) >= 11 is 0. The zero-order chi connectivity index (χ0) is 15.2. The number of fused-ring (bicyclic) bond motifs is 1. The number of nitrogens with one attached hydrogen (secondary N) is 2. The first-order chi connectivity index (χ1) is 9.84. The van der Waals surface area contributed by atoms with Gasteiger partial charge in [-0.15, -0.1) is 0 Å². The number of nitrogens with two attached hydrogens (primary N) is 1. The number of anilines is 1. The van der Waals surface area contributed by atoms with Crippen molar-refractivity contribution in [1.82, 2.24) is 19.9 Å². The van der Waals surface area contributed by atoms with E-state index in [-0.39, 0.29) is 35.9 Å². The molecule has 2 heterocycles. The van der Waals surface area contributed by atoms with E-state index in [2.05, 4.69) is 19.9 Å². The average molecular weight is 301 g/mol. The van der Waals surface area contributed by atoms with Crippen molar-refractivity contribution in [3.05, 3.63) is 16.2 Å². The minimum absolute atomic E-state index is 0.0172. The predicted molar refractivity (Wildman–Crippen MR) is 69.7 cm³/mol. The number of nitrogen functional groups attached to an aromatic ring is 1. The number of alkyl halides is 3. The Hall–Kier alpha value is -2.06. The fourth-order valence-electron chi connectivity index (χ4n) is 2.87. The quantitative estimate of drug-likeness (QED) is 0.750. The summed E-state index contributed by atoms with van der Waals surface area (Å²) in [6.07, 6.45) is -2.97. The van der Waals surface area contributed by atoms with E-state index >= 15 is 0 Å². The van der Waals surface area contributed by atoms with Crippen LogP contribution in [0, 0.1) is 5.92 Å². The smallest absolute Gasteiger partial charge is 0.369 e. The van der Waals surface area contributed by atoms with Gasteiger partial charge >= 0.3 is 6.18 Å². The SMILES string of the molecule is Nc1nc2nc(C3CCCC(C(F)(F)F)C3)[nH]c2c(=O)[nH]1. The van der Waals surface area contributed by atoms with Gasteiger partial charge in [-0.25, -0.2) is 4.98 Å². The van der Waals surface area contributed by atoms with E-state index in [0.717, 1.165) is 0 Å². The van der Waals surface area contributed by atoms with Crippen molar-refractivity contribution in [2.24, 2.45) is 5.92 Å². The first kappa shape index (κ1) is 13.9. The van der Waals surface area contributed by atoms with Crippen molar-refractivity contribution in [2.75, 3.05) is 5.73 Å². The fraction of sp³-hybridized carbons (Fsp3) is 0.583. The molecule has 1 fully saturated rings. The molecule has 0 amide bonds. The third-order valence-corrected chi connectivity index (χ3v) is 3.92. The third kappa shape index (κ3) is 2.59. The Morgan fingerprint density at radius 2 is 1.95 bits per heavy atom. The Morgan fingerprint density at radius 1 is 1.19 bits per heavy atom. The lowest BCUT2D eigenvalue weighted by molar-refractivity contribution is -0.183. The number of H-pyrrole nitrogens is 2. The Balaban J connectivity index is 1.93. The van der Waals surface area contributed by atoms with Crippen LogP contribution in [0.15, 0.2) is 4.79 Å². The van der Waals surface area contributed by atoms with Crippen LogP contribution in [0.5, 0.6) is 0 Å². The van der Waals surface area contributed by atoms with Crippen molar-refractivity contribution in [3.8, 4) is 0 Å². The monoisotopic (exact) mass is 301 g/mol. The van der Waals surface area contributed by atoms with E-state index < -0.39 is 17.7 Å². The van der Waals surface area contributed by atoms with E-state index in [1.54, 1.807) is 0 Å². The first-order valence-electron chi connectivity index (χ1n) is 6.66. The Kier molecular flexibility index (Phi) is 3.14. The lowest BCUT2D eigenvalue weighted by Gasteiger charge is -2.29. The number of rotatable bonds is 1. The summed E-state index contributed by atoms with van der Waals surface area (Å²) in [5, 5.41) is 0. The van der Waals surface area contributed by atoms with E-state index in [4.69, 9.17) is 5.73 Å². The van der Waals surface area contributed by atoms with E-state index in [9.17, 15) is 18.0 Å². The second-order valence-electron chi connectivity index (χ2n) is 5.37. The van der Waals surface area contributed by atoms with Crippen molar-refractivity contribution in [2.45, 2.75) is 37.8 Å². The van der Waals surface area contributed by atoms with Crippen LogP contribution in [-0.2, 0) is 0 Å². The standard InChI is InChI=1S/C12H14F3N5O/c13-12(14,15)6-3-1-2-5(4-6)8-17-7-9(18-8)19-11(16)20-10(7)21/h5-6H,1-4H2,(H4,16,17,18,19,20,21). The summed E-state index contributed by atoms with van der Waals surface area (Å²) < 4.78 is 38.5. The van der Waals surface area contributed by atoms with Crippen molar-refractivity contribution in [3.63, 3.8) is 0 Å². The summed E-state index contributed by atoms with van der Waals surface area (Å²) in [6, 6.07) is 0. The molecular formula is C12H14F3N5O. The Morgan fingerprint density at radius 3 is 2.67 bits per heavy atom. The highest BCUT2D eigenvalue weighted by molar-refractivity contribution is 5.70. The van der Waals surface area contributed by atoms with Gasteiger partial charge in [-0.2, -0.15) is 18.2 Å². The molecule has 6 nitrogen and oxygen atoms in total. The van der Waals surface area contributed by atoms with E-state index in [0.29, 0.717) is 18.7 Å². The lowest BCUT2D eigenvalue weighted by atomic mass is 9.80. The molecule has 2 aromatic heterocycles. The minimum Gasteiger partial charge on any atom is -0.369 e. The molecule has 114 valence electrons. The second-order valence-corrected chi connectivity index (χ2v) is 5.37. The molecule has 0 spiro atoms. The molecule has 2 unspecified atom stereocenters. The van der Waals surface area contributed by atoms with Crippen molar-refractivity contribution < 1.29 is 13.2 Å². The molecule has 0 saturated heterocycles. The van der Waals surface area contributed by atoms with Gasteiger partial charge in [0.25, 0.3) is 5.56 Å². The maximum Gasteiger partial charge on any atom is 0.391 e. The normalized spacial score (nSPS) is 23.6. The summed E-state index contributed by atoms with van der Waals surface area (Å²) in [5.41, 5.74) is 5.24. The van der Waals surface area contributed by atoms with Crippen LogP contribution in [0.4, 0.5) is 19.1 Å². The zero-order valence-electron chi connectivity index (χ0n) is 11.0. The Bertz CT molecular complexity index is 720. The third-order valence-electron chi connectivity index (χ3n) is 3.92. The molecule has 4 N–H and O–H groups in total. The summed E-state index contributed by atoms with van der Waals surface area (Å²) in [7, 11) is 0. The molecule has 2 atom stereocenters. The molecule has 0 aromatic carbocycles. The number of halogens is 3. The van der Waals surface area contributed by atoms with Crippen LogP contribution < -0.4 is 11.3 Å². The van der Waals surface area contributed by atoms with Crippen LogP contribution in [0.25, 0.3) is 11.2 Å². The summed E-state index contributed by atoms with van der Waals surface area (Å²) in [4.78, 5) is 24.8. The molecule has 1 saturated carbocycles. The van der Waals surface area contributed by atoms with Gasteiger partial charge in [0.2, 0.25) is 5.95 Å². The minimum atomic E-state index is -4.19. The van der Waals surface area contributed by atoms with Gasteiger partial charge in [-0.05, 0) is 19.3 Å². The summed E-state index contributed by atoms with van der Waals surface area (Å²) in [5.74, 6) is -1.36. The van der Waals surface area contributed by atoms with Gasteiger partial charge in [0.1, 0.15) is 5.82 Å². The maximum atomic E-state index is 12.8. The molecule has 0 radical (unpaired) electrons. The molecule has 21 heavy (non-hydrogen) atoms. The fourth-order valence-corrected chi connectivity index (χ4v) is 2.87. The van der Waals surface area contributed by atoms with Crippen LogP contribution >= 0.6 is 0 Å². The van der Waals surface area contributed by atoms with Crippen LogP contribution in [0.3, 0.4) is 0 Å². The molecule has 2 aromatic rings. The van der Waals surface area contributed by atoms with Crippen molar-refractivity contribution in [1.29, 1.82) is 0 Å². The van der Waals surface area contributed by atoms with Crippen molar-refractivity contribution >= 4 is 17.1 Å². The molecule has 3 rings (SSSR count). The highest BCUT2D eigenvalue weighted by Crippen LogP contribution is 2.43. The molecule has 0 bridgehead atoms. The molecular weight excluding hydrogens is 287 g/mol. The number of hydrogen-bond donors (Lipinski definition) is 3. The average Bonchev–Trinajstić information content (AvgIpc) is 2.82. The van der Waals surface area contributed by atoms with Gasteiger partial charge in [0, 0.05) is 5.92 Å². The number of nitrogens with zero attached hydrogens (tertiary/aromatic N) is 2. The molecule has 9 heteroatoms. The predicted octanol–water partition coefficient (Wildman–Crippen LogP) is 2.06. The zero-order valence-corrected chi connectivity index (χ0v) is 11.0. The van der Waals surface area contributed by atoms with Gasteiger partial charge in [0.15, 0.2) is 11.2 Å². The molecule has 1 aliphatic carbocycles. The lowest BCUT2D eigenvalue weighted by Crippen LogP contribution is -2.28. The highest BCUT2D eigenvalue weighted by Gasteiger charge is 2.43. The summed E-state index contributed by atoms with van der Waals surface area (Å²) in [6.45, 7) is 0. The maximum absolute atomic E-state index is 12.8. The van der Waals surface area contributed by atoms with Gasteiger partial charge < -0.3 is 10.7 Å². The highest BCUT2D eigenvalue weighted by atomic mass is 19.4. The number of aromatic amines is 2. The topological polar surface area (TPSA) is 100 Å². The number of hydrogen-bond acceptors (Lipinski definition) is 4. The van der Waals surface area contributed by atoms with Crippen LogP contribution in [-0.4, -0.2) is 26.1 Å². The van der Waals surface area contributed by atoms with Gasteiger partial charge in [0.05, 0.1) is 5.92 Å². The molecule has 1 aliphatic rings. The second kappa shape index (κ2) is 4.74.